The second kappa shape index (κ2) is 19.1. The molecule has 0 amide bonds. The number of pyridine rings is 1. The molecular formula is C30H38Cl2F3N3O6. The number of dihydropyridines is 1. The Morgan fingerprint density at radius 3 is 2.36 bits per heavy atom. The minimum absolute atomic E-state index is 0. The number of rotatable bonds is 15. The maximum Gasteiger partial charge on any atom is 0.431 e. The molecule has 0 bridgehead atoms. The number of carbonyl (C=O) groups is 2. The molecule has 1 aliphatic heterocycles. The zero-order valence-corrected chi connectivity index (χ0v) is 26.0. The van der Waals surface area contributed by atoms with Crippen LogP contribution in [0.1, 0.15) is 44.1 Å². The summed E-state index contributed by atoms with van der Waals surface area (Å²) in [5.74, 6) is -2.73. The molecule has 0 fully saturated rings. The largest absolute Gasteiger partial charge is 0.491 e. The van der Waals surface area contributed by atoms with E-state index in [0.29, 0.717) is 25.3 Å². The molecule has 1 aromatic heterocycles. The Bertz CT molecular complexity index is 1250. The molecule has 1 aromatic carbocycles. The number of benzene rings is 1. The van der Waals surface area contributed by atoms with Gasteiger partial charge in [0.25, 0.3) is 0 Å². The Labute approximate surface area is 267 Å². The third kappa shape index (κ3) is 11.3. The van der Waals surface area contributed by atoms with Gasteiger partial charge in [0, 0.05) is 24.6 Å². The zero-order valence-electron chi connectivity index (χ0n) is 24.4. The first kappa shape index (κ1) is 38.7. The average molecular weight is 665 g/mol. The first-order chi connectivity index (χ1) is 20.1. The van der Waals surface area contributed by atoms with Gasteiger partial charge in [0.15, 0.2) is 0 Å². The summed E-state index contributed by atoms with van der Waals surface area (Å²) in [6, 6.07) is 12.2. The second-order valence-electron chi connectivity index (χ2n) is 9.69. The van der Waals surface area contributed by atoms with E-state index in [4.69, 9.17) is 9.47 Å². The molecule has 2 aromatic rings. The molecule has 0 radical (unpaired) electrons. The first-order valence-electron chi connectivity index (χ1n) is 13.6. The summed E-state index contributed by atoms with van der Waals surface area (Å²) >= 11 is 0. The van der Waals surface area contributed by atoms with Crippen LogP contribution in [0.4, 0.5) is 13.2 Å². The Morgan fingerprint density at radius 2 is 1.73 bits per heavy atom. The number of hydrogen-bond acceptors (Lipinski definition) is 9. The van der Waals surface area contributed by atoms with E-state index in [1.165, 1.54) is 31.5 Å². The van der Waals surface area contributed by atoms with Gasteiger partial charge < -0.3 is 30.0 Å². The van der Waals surface area contributed by atoms with Gasteiger partial charge in [-0.2, -0.15) is 13.2 Å². The third-order valence-electron chi connectivity index (χ3n) is 6.54. The van der Waals surface area contributed by atoms with E-state index in [2.05, 4.69) is 20.4 Å². The second-order valence-corrected chi connectivity index (χ2v) is 9.69. The molecule has 0 saturated carbocycles. The van der Waals surface area contributed by atoms with Gasteiger partial charge in [0.1, 0.15) is 24.2 Å². The smallest absolute Gasteiger partial charge is 0.431 e. The van der Waals surface area contributed by atoms with Crippen LogP contribution >= 0.6 is 24.8 Å². The summed E-state index contributed by atoms with van der Waals surface area (Å²) in [6.45, 7) is 2.66. The van der Waals surface area contributed by atoms with Crippen molar-refractivity contribution >= 4 is 36.8 Å². The van der Waals surface area contributed by atoms with Gasteiger partial charge in [-0.25, -0.2) is 9.59 Å². The number of nitrogens with one attached hydrogen (secondary N) is 2. The number of alkyl halides is 3. The SMILES string of the molecule is COC(=O)C1=C(C(F)(F)F)NC(C)=C(C(=O)OCCCCCCNCC(O)COc2ccccc2)C1c1cccnc1.Cl.Cl. The van der Waals surface area contributed by atoms with E-state index in [9.17, 15) is 27.9 Å². The summed E-state index contributed by atoms with van der Waals surface area (Å²) in [5.41, 5.74) is -2.00. The molecule has 0 saturated heterocycles. The number of carbonyl (C=O) groups excluding carboxylic acids is 2. The molecule has 44 heavy (non-hydrogen) atoms. The highest BCUT2D eigenvalue weighted by Gasteiger charge is 2.47. The van der Waals surface area contributed by atoms with Crippen LogP contribution in [0.3, 0.4) is 0 Å². The van der Waals surface area contributed by atoms with Crippen LogP contribution in [-0.4, -0.2) is 67.7 Å². The molecule has 9 nitrogen and oxygen atoms in total. The van der Waals surface area contributed by atoms with Crippen LogP contribution in [0, 0.1) is 0 Å². The predicted octanol–water partition coefficient (Wildman–Crippen LogP) is 5.01. The molecule has 2 heterocycles. The standard InChI is InChI=1S/C30H36F3N3O6.2ClH/c1-20-24(25(21-11-10-15-34-17-21)26(28(38)40-2)27(36-20)30(31,32)33)29(39)41-16-9-4-3-8-14-35-18-22(37)19-42-23-12-6-5-7-13-23;;/h5-7,10-13,15,17,22,25,35-37H,3-4,8-9,14,16,18-19H2,1-2H3;2*1H. The van der Waals surface area contributed by atoms with Gasteiger partial charge in [0.2, 0.25) is 0 Å². The maximum absolute atomic E-state index is 13.9. The van der Waals surface area contributed by atoms with Crippen LogP contribution in [0.15, 0.2) is 77.4 Å². The number of halogens is 5. The molecule has 3 rings (SSSR count). The predicted molar refractivity (Wildman–Crippen MR) is 163 cm³/mol. The highest BCUT2D eigenvalue weighted by Crippen LogP contribution is 2.43. The normalized spacial score (nSPS) is 15.4. The van der Waals surface area contributed by atoms with E-state index in [0.717, 1.165) is 26.4 Å². The molecule has 3 N–H and O–H groups in total. The van der Waals surface area contributed by atoms with E-state index in [1.54, 1.807) is 0 Å². The van der Waals surface area contributed by atoms with Gasteiger partial charge in [-0.15, -0.1) is 24.8 Å². The molecule has 2 unspecified atom stereocenters. The number of hydrogen-bond donors (Lipinski definition) is 3. The number of allylic oxidation sites excluding steroid dienone is 2. The Kier molecular flexibility index (Phi) is 16.8. The van der Waals surface area contributed by atoms with Crippen molar-refractivity contribution in [3.63, 3.8) is 0 Å². The fourth-order valence-electron chi connectivity index (χ4n) is 4.52. The number of methoxy groups -OCH3 is 1. The third-order valence-corrected chi connectivity index (χ3v) is 6.54. The molecule has 14 heteroatoms. The molecule has 0 spiro atoms. The van der Waals surface area contributed by atoms with Crippen LogP contribution in [0.25, 0.3) is 0 Å². The van der Waals surface area contributed by atoms with Crippen molar-refractivity contribution in [2.45, 2.75) is 50.8 Å². The van der Waals surface area contributed by atoms with Crippen LogP contribution < -0.4 is 15.4 Å². The lowest BCUT2D eigenvalue weighted by Crippen LogP contribution is -2.38. The lowest BCUT2D eigenvalue weighted by molar-refractivity contribution is -0.140. The topological polar surface area (TPSA) is 119 Å². The summed E-state index contributed by atoms with van der Waals surface area (Å²) in [5, 5.41) is 15.4. The monoisotopic (exact) mass is 663 g/mol. The number of unbranched alkanes of at least 4 members (excludes halogenated alkanes) is 3. The fraction of sp³-hybridized carbons (Fsp3) is 0.433. The number of ether oxygens (including phenoxy) is 3. The van der Waals surface area contributed by atoms with Gasteiger partial charge >= 0.3 is 18.1 Å². The van der Waals surface area contributed by atoms with Gasteiger partial charge in [-0.3, -0.25) is 4.98 Å². The number of aliphatic hydroxyl groups is 1. The maximum atomic E-state index is 13.9. The van der Waals surface area contributed by atoms with Crippen molar-refractivity contribution < 1.29 is 42.1 Å². The van der Waals surface area contributed by atoms with E-state index >= 15 is 0 Å². The lowest BCUT2D eigenvalue weighted by atomic mass is 9.80. The lowest BCUT2D eigenvalue weighted by Gasteiger charge is -2.31. The van der Waals surface area contributed by atoms with E-state index in [1.807, 2.05) is 30.3 Å². The average Bonchev–Trinajstić information content (AvgIpc) is 2.98. The van der Waals surface area contributed by atoms with Gasteiger partial charge in [0.05, 0.1) is 30.8 Å². The summed E-state index contributed by atoms with van der Waals surface area (Å²) in [6.07, 6.45) is 0.169. The Balaban J connectivity index is 0.00000484. The molecular weight excluding hydrogens is 626 g/mol. The number of nitrogens with zero attached hydrogens (tertiary/aromatic N) is 1. The van der Waals surface area contributed by atoms with Crippen LogP contribution in [0.5, 0.6) is 5.75 Å². The molecule has 0 aliphatic carbocycles. The van der Waals surface area contributed by atoms with E-state index < -0.39 is 41.4 Å². The highest BCUT2D eigenvalue weighted by atomic mass is 35.5. The molecule has 1 aliphatic rings. The highest BCUT2D eigenvalue weighted by molar-refractivity contribution is 6.00. The zero-order chi connectivity index (χ0) is 30.5. The van der Waals surface area contributed by atoms with Crippen molar-refractivity contribution in [1.82, 2.24) is 15.6 Å². The molecule has 244 valence electrons. The van der Waals surface area contributed by atoms with Crippen molar-refractivity contribution in [2.75, 3.05) is 33.4 Å². The van der Waals surface area contributed by atoms with E-state index in [-0.39, 0.29) is 54.9 Å². The summed E-state index contributed by atoms with van der Waals surface area (Å²) in [4.78, 5) is 29.7. The van der Waals surface area contributed by atoms with Crippen LogP contribution in [-0.2, 0) is 19.1 Å². The quantitative estimate of drug-likeness (QED) is 0.179. The Morgan fingerprint density at radius 1 is 1.02 bits per heavy atom. The summed E-state index contributed by atoms with van der Waals surface area (Å²) in [7, 11) is 0.977. The van der Waals surface area contributed by atoms with Crippen molar-refractivity contribution in [3.05, 3.63) is 83.0 Å². The number of para-hydroxylation sites is 1. The summed E-state index contributed by atoms with van der Waals surface area (Å²) < 4.78 is 57.4. The fourth-order valence-corrected chi connectivity index (χ4v) is 4.52. The molecule has 2 atom stereocenters. The first-order valence-corrected chi connectivity index (χ1v) is 13.6. The van der Waals surface area contributed by atoms with Gasteiger partial charge in [-0.1, -0.05) is 37.1 Å². The van der Waals surface area contributed by atoms with Crippen LogP contribution in [0.2, 0.25) is 0 Å². The number of aromatic nitrogens is 1. The van der Waals surface area contributed by atoms with Crippen molar-refractivity contribution in [2.24, 2.45) is 0 Å². The van der Waals surface area contributed by atoms with Crippen molar-refractivity contribution in [3.8, 4) is 5.75 Å². The minimum atomic E-state index is -4.90. The van der Waals surface area contributed by atoms with Crippen molar-refractivity contribution in [1.29, 1.82) is 0 Å². The Hall–Kier alpha value is -3.32. The minimum Gasteiger partial charge on any atom is -0.491 e. The van der Waals surface area contributed by atoms with Gasteiger partial charge in [-0.05, 0) is 50.1 Å². The number of aliphatic hydroxyl groups excluding tert-OH is 1. The number of esters is 2.